The molecule has 0 amide bonds. The van der Waals surface area contributed by atoms with Gasteiger partial charge in [-0.2, -0.15) is 5.26 Å². The fraction of sp³-hybridized carbons (Fsp3) is 0.0714. The lowest BCUT2D eigenvalue weighted by Crippen LogP contribution is -1.97. The highest BCUT2D eigenvalue weighted by atomic mass is 79.9. The second-order valence-electron chi connectivity index (χ2n) is 3.70. The van der Waals surface area contributed by atoms with Crippen molar-refractivity contribution in [3.8, 4) is 17.6 Å². The molecule has 0 aliphatic rings. The number of rotatable bonds is 3. The van der Waals surface area contributed by atoms with Crippen LogP contribution < -0.4 is 10.5 Å². The predicted molar refractivity (Wildman–Crippen MR) is 73.3 cm³/mol. The minimum Gasteiger partial charge on any atom is -0.456 e. The van der Waals surface area contributed by atoms with Crippen molar-refractivity contribution in [1.29, 1.82) is 5.26 Å². The molecular weight excluding hydrogens is 292 g/mol. The summed E-state index contributed by atoms with van der Waals surface area (Å²) in [6.07, 6.45) is 0. The van der Waals surface area contributed by atoms with E-state index in [0.717, 1.165) is 10.0 Å². The van der Waals surface area contributed by atoms with Gasteiger partial charge >= 0.3 is 0 Å². The topological polar surface area (TPSA) is 59.0 Å². The molecule has 2 rings (SSSR count). The monoisotopic (exact) mass is 302 g/mol. The van der Waals surface area contributed by atoms with Crippen LogP contribution in [0.15, 0.2) is 46.9 Å². The molecular formula is C14H11BrN2O. The third-order valence-corrected chi connectivity index (χ3v) is 2.97. The summed E-state index contributed by atoms with van der Waals surface area (Å²) in [5.74, 6) is 1.23. The lowest BCUT2D eigenvalue weighted by molar-refractivity contribution is 0.481. The van der Waals surface area contributed by atoms with E-state index in [9.17, 15) is 0 Å². The van der Waals surface area contributed by atoms with Crippen molar-refractivity contribution in [1.82, 2.24) is 0 Å². The normalized spacial score (nSPS) is 9.83. The first-order valence-corrected chi connectivity index (χ1v) is 6.19. The Morgan fingerprint density at radius 2 is 1.89 bits per heavy atom. The molecule has 2 aromatic rings. The maximum atomic E-state index is 9.08. The molecule has 90 valence electrons. The molecule has 0 aliphatic carbocycles. The van der Waals surface area contributed by atoms with Crippen LogP contribution in [-0.4, -0.2) is 0 Å². The Labute approximate surface area is 114 Å². The minimum atomic E-state index is 0.410. The Morgan fingerprint density at radius 1 is 1.17 bits per heavy atom. The van der Waals surface area contributed by atoms with Crippen molar-refractivity contribution in [2.75, 3.05) is 0 Å². The average molecular weight is 303 g/mol. The smallest absolute Gasteiger partial charge is 0.145 e. The van der Waals surface area contributed by atoms with Crippen molar-refractivity contribution in [2.24, 2.45) is 5.73 Å². The van der Waals surface area contributed by atoms with E-state index >= 15 is 0 Å². The van der Waals surface area contributed by atoms with Crippen molar-refractivity contribution in [3.05, 3.63) is 58.1 Å². The Hall–Kier alpha value is -1.83. The number of nitriles is 1. The molecule has 0 saturated carbocycles. The summed E-state index contributed by atoms with van der Waals surface area (Å²) in [6.45, 7) is 0.410. The van der Waals surface area contributed by atoms with Gasteiger partial charge in [0.05, 0.1) is 5.56 Å². The highest BCUT2D eigenvalue weighted by molar-refractivity contribution is 9.10. The first-order valence-electron chi connectivity index (χ1n) is 5.39. The Bertz CT molecular complexity index is 588. The molecule has 2 N–H and O–H groups in total. The summed E-state index contributed by atoms with van der Waals surface area (Å²) in [5.41, 5.74) is 6.94. The Kier molecular flexibility index (Phi) is 3.98. The van der Waals surface area contributed by atoms with Crippen LogP contribution in [0.5, 0.6) is 11.5 Å². The number of nitrogens with zero attached hydrogens (tertiary/aromatic N) is 1. The fourth-order valence-electron chi connectivity index (χ4n) is 1.51. The SMILES string of the molecule is N#Cc1cc(CN)ccc1Oc1ccc(Br)cc1. The van der Waals surface area contributed by atoms with Gasteiger partial charge in [-0.25, -0.2) is 0 Å². The zero-order valence-electron chi connectivity index (χ0n) is 9.56. The molecule has 3 nitrogen and oxygen atoms in total. The molecule has 0 saturated heterocycles. The van der Waals surface area contributed by atoms with E-state index < -0.39 is 0 Å². The highest BCUT2D eigenvalue weighted by Crippen LogP contribution is 2.26. The van der Waals surface area contributed by atoms with Crippen LogP contribution in [0.4, 0.5) is 0 Å². The number of nitrogens with two attached hydrogens (primary N) is 1. The quantitative estimate of drug-likeness (QED) is 0.943. The average Bonchev–Trinajstić information content (AvgIpc) is 2.41. The van der Waals surface area contributed by atoms with Crippen LogP contribution in [-0.2, 0) is 6.54 Å². The molecule has 2 aromatic carbocycles. The first kappa shape index (κ1) is 12.6. The number of ether oxygens (including phenoxy) is 1. The number of hydrogen-bond acceptors (Lipinski definition) is 3. The van der Waals surface area contributed by atoms with E-state index in [1.165, 1.54) is 0 Å². The molecule has 0 heterocycles. The first-order chi connectivity index (χ1) is 8.72. The molecule has 0 fully saturated rings. The molecule has 18 heavy (non-hydrogen) atoms. The van der Waals surface area contributed by atoms with E-state index in [2.05, 4.69) is 22.0 Å². The van der Waals surface area contributed by atoms with Gasteiger partial charge in [0, 0.05) is 11.0 Å². The lowest BCUT2D eigenvalue weighted by Gasteiger charge is -2.08. The molecule has 0 atom stereocenters. The molecule has 4 heteroatoms. The number of benzene rings is 2. The summed E-state index contributed by atoms with van der Waals surface area (Å²) >= 11 is 3.36. The summed E-state index contributed by atoms with van der Waals surface area (Å²) in [5, 5.41) is 9.08. The third-order valence-electron chi connectivity index (χ3n) is 2.44. The largest absolute Gasteiger partial charge is 0.456 e. The highest BCUT2D eigenvalue weighted by Gasteiger charge is 2.05. The predicted octanol–water partition coefficient (Wildman–Crippen LogP) is 3.57. The molecule has 0 bridgehead atoms. The minimum absolute atomic E-state index is 0.410. The molecule has 0 aliphatic heterocycles. The van der Waals surface area contributed by atoms with E-state index in [1.54, 1.807) is 12.1 Å². The van der Waals surface area contributed by atoms with Gasteiger partial charge in [0.15, 0.2) is 0 Å². The standard InChI is InChI=1S/C14H11BrN2O/c15-12-2-4-13(5-3-12)18-14-6-1-10(8-16)7-11(14)9-17/h1-7H,8,16H2. The van der Waals surface area contributed by atoms with Crippen molar-refractivity contribution in [3.63, 3.8) is 0 Å². The van der Waals surface area contributed by atoms with Gasteiger partial charge in [-0.3, -0.25) is 0 Å². The number of hydrogen-bond donors (Lipinski definition) is 1. The van der Waals surface area contributed by atoms with Crippen molar-refractivity contribution >= 4 is 15.9 Å². The van der Waals surface area contributed by atoms with E-state index in [4.69, 9.17) is 15.7 Å². The van der Waals surface area contributed by atoms with Crippen molar-refractivity contribution < 1.29 is 4.74 Å². The fourth-order valence-corrected chi connectivity index (χ4v) is 1.77. The van der Waals surface area contributed by atoms with Crippen LogP contribution in [0.3, 0.4) is 0 Å². The van der Waals surface area contributed by atoms with Crippen LogP contribution in [0.25, 0.3) is 0 Å². The van der Waals surface area contributed by atoms with Crippen LogP contribution in [0.1, 0.15) is 11.1 Å². The summed E-state index contributed by atoms with van der Waals surface area (Å²) in [6, 6.07) is 14.9. The van der Waals surface area contributed by atoms with Crippen LogP contribution >= 0.6 is 15.9 Å². The van der Waals surface area contributed by atoms with E-state index in [0.29, 0.717) is 23.6 Å². The second-order valence-corrected chi connectivity index (χ2v) is 4.62. The number of halogens is 1. The van der Waals surface area contributed by atoms with Gasteiger partial charge in [0.2, 0.25) is 0 Å². The van der Waals surface area contributed by atoms with Gasteiger partial charge < -0.3 is 10.5 Å². The van der Waals surface area contributed by atoms with E-state index in [-0.39, 0.29) is 0 Å². The van der Waals surface area contributed by atoms with Gasteiger partial charge in [-0.15, -0.1) is 0 Å². The summed E-state index contributed by atoms with van der Waals surface area (Å²) < 4.78 is 6.65. The van der Waals surface area contributed by atoms with Crippen molar-refractivity contribution in [2.45, 2.75) is 6.54 Å². The maximum Gasteiger partial charge on any atom is 0.145 e. The van der Waals surface area contributed by atoms with Gasteiger partial charge in [0.1, 0.15) is 17.6 Å². The van der Waals surface area contributed by atoms with Crippen LogP contribution in [0.2, 0.25) is 0 Å². The maximum absolute atomic E-state index is 9.08. The van der Waals surface area contributed by atoms with Gasteiger partial charge in [-0.05, 0) is 42.0 Å². The van der Waals surface area contributed by atoms with E-state index in [1.807, 2.05) is 30.3 Å². The molecule has 0 radical (unpaired) electrons. The summed E-state index contributed by atoms with van der Waals surface area (Å²) in [7, 11) is 0. The third kappa shape index (κ3) is 2.89. The Balaban J connectivity index is 2.29. The zero-order valence-corrected chi connectivity index (χ0v) is 11.1. The van der Waals surface area contributed by atoms with Crippen LogP contribution in [0, 0.1) is 11.3 Å². The molecule has 0 aromatic heterocycles. The lowest BCUT2D eigenvalue weighted by atomic mass is 10.1. The van der Waals surface area contributed by atoms with Gasteiger partial charge in [-0.1, -0.05) is 22.0 Å². The van der Waals surface area contributed by atoms with Gasteiger partial charge in [0.25, 0.3) is 0 Å². The zero-order chi connectivity index (χ0) is 13.0. The Morgan fingerprint density at radius 3 is 2.50 bits per heavy atom. The molecule has 0 spiro atoms. The second kappa shape index (κ2) is 5.67. The molecule has 0 unspecified atom stereocenters. The summed E-state index contributed by atoms with van der Waals surface area (Å²) in [4.78, 5) is 0.